The molecular formula is C15H28N4. The van der Waals surface area contributed by atoms with Crippen molar-refractivity contribution in [2.45, 2.75) is 46.2 Å². The van der Waals surface area contributed by atoms with Crippen LogP contribution in [0.2, 0.25) is 0 Å². The minimum absolute atomic E-state index is 0.621. The van der Waals surface area contributed by atoms with Crippen molar-refractivity contribution in [2.24, 2.45) is 5.92 Å². The van der Waals surface area contributed by atoms with Crippen LogP contribution in [0.1, 0.15) is 32.3 Å². The van der Waals surface area contributed by atoms with Crippen molar-refractivity contribution in [3.05, 3.63) is 18.0 Å². The zero-order valence-corrected chi connectivity index (χ0v) is 12.6. The predicted molar refractivity (Wildman–Crippen MR) is 79.3 cm³/mol. The predicted octanol–water partition coefficient (Wildman–Crippen LogP) is 1.90. The van der Waals surface area contributed by atoms with Gasteiger partial charge >= 0.3 is 0 Å². The second-order valence-electron chi connectivity index (χ2n) is 5.80. The first-order chi connectivity index (χ1) is 9.19. The van der Waals surface area contributed by atoms with Gasteiger partial charge in [0.05, 0.1) is 12.7 Å². The first-order valence-electron chi connectivity index (χ1n) is 7.64. The van der Waals surface area contributed by atoms with Crippen LogP contribution in [-0.2, 0) is 6.54 Å². The number of hydrogen-bond donors (Lipinski definition) is 1. The lowest BCUT2D eigenvalue weighted by Crippen LogP contribution is -2.42. The third-order valence-corrected chi connectivity index (χ3v) is 4.36. The van der Waals surface area contributed by atoms with Gasteiger partial charge in [0, 0.05) is 18.8 Å². The Bertz CT molecular complexity index is 366. The summed E-state index contributed by atoms with van der Waals surface area (Å²) < 4.78 is 2.02. The summed E-state index contributed by atoms with van der Waals surface area (Å²) in [4.78, 5) is 2.55. The minimum Gasteiger partial charge on any atom is -0.312 e. The molecule has 4 nitrogen and oxygen atoms in total. The standard InChI is InChI=1S/C15H28N4/c1-4-18-8-5-15(6-9-18)14(3)16-7-10-19-12-13(2)11-17-19/h11-12,14-16H,4-10H2,1-3H3. The average molecular weight is 264 g/mol. The molecule has 1 fully saturated rings. The van der Waals surface area contributed by atoms with E-state index in [4.69, 9.17) is 0 Å². The molecule has 1 unspecified atom stereocenters. The Morgan fingerprint density at radius 2 is 2.16 bits per heavy atom. The van der Waals surface area contributed by atoms with E-state index in [9.17, 15) is 0 Å². The normalized spacial score (nSPS) is 19.7. The van der Waals surface area contributed by atoms with Crippen molar-refractivity contribution in [2.75, 3.05) is 26.2 Å². The summed E-state index contributed by atoms with van der Waals surface area (Å²) in [5.41, 5.74) is 1.24. The third-order valence-electron chi connectivity index (χ3n) is 4.36. The first-order valence-corrected chi connectivity index (χ1v) is 7.64. The molecule has 2 heterocycles. The molecule has 0 aliphatic carbocycles. The van der Waals surface area contributed by atoms with Crippen LogP contribution in [0.25, 0.3) is 0 Å². The van der Waals surface area contributed by atoms with Gasteiger partial charge in [-0.05, 0) is 57.8 Å². The molecule has 1 aromatic rings. The second kappa shape index (κ2) is 7.06. The number of nitrogens with one attached hydrogen (secondary N) is 1. The highest BCUT2D eigenvalue weighted by atomic mass is 15.3. The molecule has 2 rings (SSSR count). The van der Waals surface area contributed by atoms with Gasteiger partial charge < -0.3 is 10.2 Å². The molecule has 1 saturated heterocycles. The van der Waals surface area contributed by atoms with Crippen molar-refractivity contribution in [1.82, 2.24) is 20.0 Å². The van der Waals surface area contributed by atoms with Gasteiger partial charge in [0.25, 0.3) is 0 Å². The van der Waals surface area contributed by atoms with Gasteiger partial charge in [-0.15, -0.1) is 0 Å². The molecular weight excluding hydrogens is 236 g/mol. The summed E-state index contributed by atoms with van der Waals surface area (Å²) in [5.74, 6) is 0.835. The van der Waals surface area contributed by atoms with E-state index in [0.29, 0.717) is 6.04 Å². The van der Waals surface area contributed by atoms with E-state index in [1.54, 1.807) is 0 Å². The topological polar surface area (TPSA) is 33.1 Å². The molecule has 1 aliphatic rings. The van der Waals surface area contributed by atoms with Crippen molar-refractivity contribution in [3.8, 4) is 0 Å². The molecule has 1 aromatic heterocycles. The van der Waals surface area contributed by atoms with Crippen LogP contribution >= 0.6 is 0 Å². The Balaban J connectivity index is 1.65. The number of aryl methyl sites for hydroxylation is 1. The summed E-state index contributed by atoms with van der Waals surface area (Å²) >= 11 is 0. The molecule has 0 saturated carbocycles. The fourth-order valence-electron chi connectivity index (χ4n) is 2.93. The van der Waals surface area contributed by atoms with Crippen LogP contribution in [0.3, 0.4) is 0 Å². The van der Waals surface area contributed by atoms with E-state index < -0.39 is 0 Å². The maximum Gasteiger partial charge on any atom is 0.0534 e. The fourth-order valence-corrected chi connectivity index (χ4v) is 2.93. The monoisotopic (exact) mass is 264 g/mol. The molecule has 1 N–H and O–H groups in total. The molecule has 0 bridgehead atoms. The Hall–Kier alpha value is -0.870. The zero-order chi connectivity index (χ0) is 13.7. The highest BCUT2D eigenvalue weighted by Gasteiger charge is 2.22. The Morgan fingerprint density at radius 1 is 1.42 bits per heavy atom. The number of likely N-dealkylation sites (tertiary alicyclic amines) is 1. The number of hydrogen-bond acceptors (Lipinski definition) is 3. The summed E-state index contributed by atoms with van der Waals surface area (Å²) in [6.07, 6.45) is 6.70. The number of rotatable bonds is 6. The van der Waals surface area contributed by atoms with E-state index in [0.717, 1.165) is 19.0 Å². The second-order valence-corrected chi connectivity index (χ2v) is 5.80. The molecule has 108 valence electrons. The Kier molecular flexibility index (Phi) is 5.40. The molecule has 1 aliphatic heterocycles. The summed E-state index contributed by atoms with van der Waals surface area (Å²) in [5, 5.41) is 7.98. The van der Waals surface area contributed by atoms with Crippen LogP contribution in [-0.4, -0.2) is 46.9 Å². The van der Waals surface area contributed by atoms with E-state index in [1.807, 2.05) is 10.9 Å². The molecule has 0 aromatic carbocycles. The van der Waals surface area contributed by atoms with Crippen LogP contribution in [0, 0.1) is 12.8 Å². The lowest BCUT2D eigenvalue weighted by atomic mass is 9.90. The van der Waals surface area contributed by atoms with Gasteiger partial charge in [-0.3, -0.25) is 4.68 Å². The van der Waals surface area contributed by atoms with Gasteiger partial charge in [0.2, 0.25) is 0 Å². The summed E-state index contributed by atoms with van der Waals surface area (Å²) in [6.45, 7) is 12.4. The van der Waals surface area contributed by atoms with E-state index in [-0.39, 0.29) is 0 Å². The minimum atomic E-state index is 0.621. The molecule has 4 heteroatoms. The zero-order valence-electron chi connectivity index (χ0n) is 12.6. The van der Waals surface area contributed by atoms with Crippen molar-refractivity contribution in [3.63, 3.8) is 0 Å². The Morgan fingerprint density at radius 3 is 2.74 bits per heavy atom. The molecule has 0 radical (unpaired) electrons. The van der Waals surface area contributed by atoms with Gasteiger partial charge in [-0.1, -0.05) is 6.92 Å². The maximum atomic E-state index is 4.32. The Labute approximate surface area is 117 Å². The smallest absolute Gasteiger partial charge is 0.0534 e. The molecule has 0 spiro atoms. The lowest BCUT2D eigenvalue weighted by Gasteiger charge is -2.34. The van der Waals surface area contributed by atoms with Crippen LogP contribution in [0.5, 0.6) is 0 Å². The SMILES string of the molecule is CCN1CCC(C(C)NCCn2cc(C)cn2)CC1. The van der Waals surface area contributed by atoms with E-state index in [1.165, 1.54) is 38.0 Å². The highest BCUT2D eigenvalue weighted by Crippen LogP contribution is 2.20. The maximum absolute atomic E-state index is 4.32. The molecule has 1 atom stereocenters. The highest BCUT2D eigenvalue weighted by molar-refractivity contribution is 4.99. The van der Waals surface area contributed by atoms with Crippen molar-refractivity contribution in [1.29, 1.82) is 0 Å². The number of aromatic nitrogens is 2. The fraction of sp³-hybridized carbons (Fsp3) is 0.800. The quantitative estimate of drug-likeness (QED) is 0.852. The van der Waals surface area contributed by atoms with E-state index in [2.05, 4.69) is 42.3 Å². The van der Waals surface area contributed by atoms with Gasteiger partial charge in [-0.25, -0.2) is 0 Å². The third kappa shape index (κ3) is 4.32. The lowest BCUT2D eigenvalue weighted by molar-refractivity contribution is 0.168. The van der Waals surface area contributed by atoms with Gasteiger partial charge in [-0.2, -0.15) is 5.10 Å². The number of nitrogens with zero attached hydrogens (tertiary/aromatic N) is 3. The summed E-state index contributed by atoms with van der Waals surface area (Å²) in [6, 6.07) is 0.621. The first kappa shape index (κ1) is 14.5. The largest absolute Gasteiger partial charge is 0.312 e. The van der Waals surface area contributed by atoms with Crippen LogP contribution < -0.4 is 5.32 Å². The van der Waals surface area contributed by atoms with Crippen molar-refractivity contribution >= 4 is 0 Å². The molecule has 19 heavy (non-hydrogen) atoms. The average Bonchev–Trinajstić information content (AvgIpc) is 2.84. The van der Waals surface area contributed by atoms with Crippen LogP contribution in [0.4, 0.5) is 0 Å². The van der Waals surface area contributed by atoms with Gasteiger partial charge in [0.1, 0.15) is 0 Å². The molecule has 0 amide bonds. The van der Waals surface area contributed by atoms with Crippen LogP contribution in [0.15, 0.2) is 12.4 Å². The van der Waals surface area contributed by atoms with E-state index >= 15 is 0 Å². The van der Waals surface area contributed by atoms with Crippen molar-refractivity contribution < 1.29 is 0 Å². The van der Waals surface area contributed by atoms with Gasteiger partial charge in [0.15, 0.2) is 0 Å². The summed E-state index contributed by atoms with van der Waals surface area (Å²) in [7, 11) is 0. The number of piperidine rings is 1.